The lowest BCUT2D eigenvalue weighted by Crippen LogP contribution is -2.38. The van der Waals surface area contributed by atoms with Gasteiger partial charge in [0.2, 0.25) is 0 Å². The first-order valence-corrected chi connectivity index (χ1v) is 11.3. The molecule has 30 heavy (non-hydrogen) atoms. The molecule has 1 saturated heterocycles. The van der Waals surface area contributed by atoms with Crippen LogP contribution in [0.4, 0.5) is 4.39 Å². The van der Waals surface area contributed by atoms with Gasteiger partial charge in [0.25, 0.3) is 5.56 Å². The quantitative estimate of drug-likeness (QED) is 0.699. The maximum atomic E-state index is 14.7. The van der Waals surface area contributed by atoms with Crippen LogP contribution in [0.5, 0.6) is 0 Å². The third kappa shape index (κ3) is 4.01. The number of rotatable bonds is 3. The Balaban J connectivity index is 1.69. The molecule has 6 nitrogen and oxygen atoms in total. The van der Waals surface area contributed by atoms with Gasteiger partial charge in [0, 0.05) is 36.0 Å². The van der Waals surface area contributed by atoms with Gasteiger partial charge in [-0.3, -0.25) is 14.3 Å². The summed E-state index contributed by atoms with van der Waals surface area (Å²) in [5.41, 5.74) is 0.0771. The topological polar surface area (TPSA) is 74.8 Å². The highest BCUT2D eigenvalue weighted by Gasteiger charge is 2.28. The van der Waals surface area contributed by atoms with Crippen LogP contribution in [0.3, 0.4) is 0 Å². The van der Waals surface area contributed by atoms with E-state index >= 15 is 0 Å². The Kier molecular flexibility index (Phi) is 5.69. The fourth-order valence-electron chi connectivity index (χ4n) is 4.18. The van der Waals surface area contributed by atoms with Crippen LogP contribution >= 0.6 is 11.8 Å². The summed E-state index contributed by atoms with van der Waals surface area (Å²) in [4.78, 5) is 24.4. The lowest BCUT2D eigenvalue weighted by atomic mass is 9.90. The molecule has 2 aromatic heterocycles. The molecular weight excluding hydrogens is 401 g/mol. The Labute approximate surface area is 180 Å². The van der Waals surface area contributed by atoms with Gasteiger partial charge in [-0.15, -0.1) is 0 Å². The van der Waals surface area contributed by atoms with Crippen molar-refractivity contribution in [3.05, 3.63) is 39.7 Å². The van der Waals surface area contributed by atoms with Crippen molar-refractivity contribution in [1.29, 1.82) is 5.26 Å². The first-order valence-electron chi connectivity index (χ1n) is 10.3. The average Bonchev–Trinajstić information content (AvgIpc) is 3.20. The van der Waals surface area contributed by atoms with E-state index in [1.807, 2.05) is 26.8 Å². The average molecular weight is 428 g/mol. The summed E-state index contributed by atoms with van der Waals surface area (Å²) in [6.45, 7) is 9.42. The number of nitriles is 1. The van der Waals surface area contributed by atoms with E-state index in [4.69, 9.17) is 0 Å². The maximum Gasteiger partial charge on any atom is 0.272 e. The molecule has 0 aromatic carbocycles. The lowest BCUT2D eigenvalue weighted by Gasteiger charge is -2.28. The minimum atomic E-state index is -0.457. The van der Waals surface area contributed by atoms with E-state index in [1.165, 1.54) is 36.9 Å². The van der Waals surface area contributed by atoms with Crippen LogP contribution in [0.2, 0.25) is 0 Å². The van der Waals surface area contributed by atoms with Gasteiger partial charge in [-0.2, -0.15) is 5.26 Å². The molecule has 8 heteroatoms. The highest BCUT2D eigenvalue weighted by molar-refractivity contribution is 7.99. The molecule has 0 radical (unpaired) electrons. The highest BCUT2D eigenvalue weighted by Crippen LogP contribution is 2.31. The molecule has 4 rings (SSSR count). The predicted molar refractivity (Wildman–Crippen MR) is 115 cm³/mol. The molecule has 0 N–H and O–H groups in total. The fourth-order valence-corrected chi connectivity index (χ4v) is 5.24. The summed E-state index contributed by atoms with van der Waals surface area (Å²) in [5.74, 6) is 0.772. The van der Waals surface area contributed by atoms with Crippen LogP contribution in [-0.4, -0.2) is 44.8 Å². The first kappa shape index (κ1) is 21.0. The van der Waals surface area contributed by atoms with Crippen molar-refractivity contribution in [1.82, 2.24) is 19.4 Å². The van der Waals surface area contributed by atoms with Crippen LogP contribution in [0.15, 0.2) is 22.2 Å². The molecule has 2 aromatic rings. The van der Waals surface area contributed by atoms with Gasteiger partial charge in [-0.25, -0.2) is 9.37 Å². The van der Waals surface area contributed by atoms with Gasteiger partial charge in [0.1, 0.15) is 17.4 Å². The van der Waals surface area contributed by atoms with E-state index in [9.17, 15) is 14.4 Å². The molecule has 1 atom stereocenters. The Morgan fingerprint density at radius 3 is 2.70 bits per heavy atom. The van der Waals surface area contributed by atoms with E-state index in [0.29, 0.717) is 28.9 Å². The Morgan fingerprint density at radius 2 is 2.07 bits per heavy atom. The minimum absolute atomic E-state index is 0.0501. The summed E-state index contributed by atoms with van der Waals surface area (Å²) in [7, 11) is 0. The zero-order valence-corrected chi connectivity index (χ0v) is 18.4. The van der Waals surface area contributed by atoms with E-state index < -0.39 is 11.2 Å². The zero-order chi connectivity index (χ0) is 21.5. The standard InChI is InChI=1S/C22H26FN5OS/c1-22(2,3)19-17(23)8-15(10-25-19)18-16(9-24)20(29)28-12-14(13-30-21(28)26-18)11-27-6-4-5-7-27/h8,10,14H,4-7,11-13H2,1-3H3. The van der Waals surface area contributed by atoms with Gasteiger partial charge in [0.05, 0.1) is 11.4 Å². The predicted octanol–water partition coefficient (Wildman–Crippen LogP) is 3.43. The molecule has 1 unspecified atom stereocenters. The molecule has 2 aliphatic heterocycles. The van der Waals surface area contributed by atoms with Crippen LogP contribution in [0, 0.1) is 23.1 Å². The summed E-state index contributed by atoms with van der Waals surface area (Å²) < 4.78 is 16.3. The number of pyridine rings is 1. The molecule has 1 fully saturated rings. The second-order valence-corrected chi connectivity index (χ2v) is 10.1. The number of hydrogen-bond acceptors (Lipinski definition) is 6. The van der Waals surface area contributed by atoms with Gasteiger partial charge in [0.15, 0.2) is 5.16 Å². The van der Waals surface area contributed by atoms with Crippen molar-refractivity contribution in [2.24, 2.45) is 5.92 Å². The molecule has 0 saturated carbocycles. The van der Waals surface area contributed by atoms with Gasteiger partial charge in [-0.1, -0.05) is 32.5 Å². The summed E-state index contributed by atoms with van der Waals surface area (Å²) >= 11 is 1.54. The van der Waals surface area contributed by atoms with Crippen LogP contribution in [0.1, 0.15) is 44.9 Å². The van der Waals surface area contributed by atoms with Gasteiger partial charge < -0.3 is 4.90 Å². The van der Waals surface area contributed by atoms with Gasteiger partial charge in [-0.05, 0) is 37.9 Å². The second kappa shape index (κ2) is 8.12. The van der Waals surface area contributed by atoms with E-state index in [0.717, 1.165) is 25.4 Å². The first-order chi connectivity index (χ1) is 14.3. The number of nitrogens with zero attached hydrogens (tertiary/aromatic N) is 5. The molecule has 0 aliphatic carbocycles. The minimum Gasteiger partial charge on any atom is -0.303 e. The van der Waals surface area contributed by atoms with Crippen LogP contribution < -0.4 is 5.56 Å². The third-order valence-electron chi connectivity index (χ3n) is 5.67. The van der Waals surface area contributed by atoms with Crippen molar-refractivity contribution in [2.75, 3.05) is 25.4 Å². The molecule has 2 aliphatic rings. The zero-order valence-electron chi connectivity index (χ0n) is 17.6. The van der Waals surface area contributed by atoms with Crippen molar-refractivity contribution in [3.8, 4) is 17.3 Å². The number of thioether (sulfide) groups is 1. The highest BCUT2D eigenvalue weighted by atomic mass is 32.2. The number of likely N-dealkylation sites (tertiary alicyclic amines) is 1. The number of halogens is 1. The second-order valence-electron chi connectivity index (χ2n) is 9.13. The molecule has 0 bridgehead atoms. The Hall–Kier alpha value is -2.24. The van der Waals surface area contributed by atoms with E-state index in [-0.39, 0.29) is 16.8 Å². The van der Waals surface area contributed by atoms with Crippen molar-refractivity contribution in [3.63, 3.8) is 0 Å². The largest absolute Gasteiger partial charge is 0.303 e. The summed E-state index contributed by atoms with van der Waals surface area (Å²) in [5, 5.41) is 10.3. The molecule has 4 heterocycles. The third-order valence-corrected chi connectivity index (χ3v) is 6.88. The van der Waals surface area contributed by atoms with Gasteiger partial charge >= 0.3 is 0 Å². The Morgan fingerprint density at radius 1 is 1.33 bits per heavy atom. The number of hydrogen-bond donors (Lipinski definition) is 0. The van der Waals surface area contributed by atoms with E-state index in [2.05, 4.69) is 14.9 Å². The van der Waals surface area contributed by atoms with Crippen molar-refractivity contribution < 1.29 is 4.39 Å². The maximum absolute atomic E-state index is 14.7. The lowest BCUT2D eigenvalue weighted by molar-refractivity contribution is 0.264. The normalized spacial score (nSPS) is 19.5. The van der Waals surface area contributed by atoms with Crippen LogP contribution in [0.25, 0.3) is 11.3 Å². The molecular formula is C22H26FN5OS. The molecule has 0 amide bonds. The summed E-state index contributed by atoms with van der Waals surface area (Å²) in [6, 6.07) is 3.33. The molecule has 158 valence electrons. The van der Waals surface area contributed by atoms with Crippen LogP contribution in [-0.2, 0) is 12.0 Å². The number of fused-ring (bicyclic) bond motifs is 1. The Bertz CT molecular complexity index is 1060. The van der Waals surface area contributed by atoms with Crippen molar-refractivity contribution >= 4 is 11.8 Å². The van der Waals surface area contributed by atoms with Crippen molar-refractivity contribution in [2.45, 2.75) is 50.7 Å². The summed E-state index contributed by atoms with van der Waals surface area (Å²) in [6.07, 6.45) is 3.98. The van der Waals surface area contributed by atoms with E-state index in [1.54, 1.807) is 4.57 Å². The smallest absolute Gasteiger partial charge is 0.272 e. The fraction of sp³-hybridized carbons (Fsp3) is 0.545. The molecule has 0 spiro atoms. The SMILES string of the molecule is CC(C)(C)c1ncc(-c2nc3n(c(=O)c2C#N)CC(CN2CCCC2)CS3)cc1F. The monoisotopic (exact) mass is 427 g/mol. The number of aromatic nitrogens is 3.